The highest BCUT2D eigenvalue weighted by atomic mass is 32.2. The second kappa shape index (κ2) is 5.87. The molecule has 1 N–H and O–H groups in total. The molecular formula is C14H25N3O2S. The van der Waals surface area contributed by atoms with Gasteiger partial charge in [-0.15, -0.1) is 0 Å². The van der Waals surface area contributed by atoms with Gasteiger partial charge in [0, 0.05) is 37.6 Å². The Labute approximate surface area is 122 Å². The fourth-order valence-electron chi connectivity index (χ4n) is 3.07. The number of piperidine rings is 1. The number of nitrogens with zero attached hydrogens (tertiary/aromatic N) is 2. The van der Waals surface area contributed by atoms with Crippen LogP contribution in [0.1, 0.15) is 38.8 Å². The van der Waals surface area contributed by atoms with Crippen LogP contribution in [0, 0.1) is 0 Å². The zero-order chi connectivity index (χ0) is 14.9. The number of aromatic nitrogens is 1. The van der Waals surface area contributed by atoms with Crippen molar-refractivity contribution in [3.05, 3.63) is 18.0 Å². The van der Waals surface area contributed by atoms with Crippen molar-refractivity contribution in [2.75, 3.05) is 7.05 Å². The number of rotatable bonds is 4. The van der Waals surface area contributed by atoms with Crippen molar-refractivity contribution in [2.24, 2.45) is 7.05 Å². The predicted octanol–water partition coefficient (Wildman–Crippen LogP) is 1.70. The minimum absolute atomic E-state index is 0.0803. The van der Waals surface area contributed by atoms with E-state index in [1.54, 1.807) is 16.6 Å². The van der Waals surface area contributed by atoms with E-state index in [1.165, 1.54) is 0 Å². The number of aryl methyl sites for hydroxylation is 1. The van der Waals surface area contributed by atoms with Crippen LogP contribution in [0.4, 0.5) is 0 Å². The van der Waals surface area contributed by atoms with E-state index in [2.05, 4.69) is 5.32 Å². The number of sulfonamides is 1. The van der Waals surface area contributed by atoms with Crippen molar-refractivity contribution in [3.63, 3.8) is 0 Å². The third-order valence-corrected chi connectivity index (χ3v) is 6.22. The molecule has 0 radical (unpaired) electrons. The van der Waals surface area contributed by atoms with E-state index in [-0.39, 0.29) is 12.1 Å². The summed E-state index contributed by atoms with van der Waals surface area (Å²) < 4.78 is 29.3. The van der Waals surface area contributed by atoms with Gasteiger partial charge >= 0.3 is 0 Å². The first-order valence-corrected chi connectivity index (χ1v) is 8.65. The molecule has 1 fully saturated rings. The van der Waals surface area contributed by atoms with E-state index >= 15 is 0 Å². The van der Waals surface area contributed by atoms with Gasteiger partial charge in [-0.3, -0.25) is 0 Å². The Morgan fingerprint density at radius 2 is 1.90 bits per heavy atom. The molecule has 0 bridgehead atoms. The fourth-order valence-corrected chi connectivity index (χ4v) is 5.05. The lowest BCUT2D eigenvalue weighted by Gasteiger charge is -2.37. The molecule has 5 nitrogen and oxygen atoms in total. The molecule has 2 atom stereocenters. The van der Waals surface area contributed by atoms with E-state index < -0.39 is 10.0 Å². The molecule has 2 heterocycles. The Morgan fingerprint density at radius 3 is 2.45 bits per heavy atom. The molecule has 6 heteroatoms. The van der Waals surface area contributed by atoms with Crippen LogP contribution in [-0.2, 0) is 23.6 Å². The van der Waals surface area contributed by atoms with E-state index in [0.29, 0.717) is 11.4 Å². The van der Waals surface area contributed by atoms with Gasteiger partial charge in [-0.25, -0.2) is 8.42 Å². The summed E-state index contributed by atoms with van der Waals surface area (Å²) in [4.78, 5) is 0.408. The van der Waals surface area contributed by atoms with Crippen LogP contribution in [0.2, 0.25) is 0 Å². The monoisotopic (exact) mass is 299 g/mol. The van der Waals surface area contributed by atoms with Gasteiger partial charge in [-0.2, -0.15) is 4.31 Å². The van der Waals surface area contributed by atoms with Crippen LogP contribution in [0.5, 0.6) is 0 Å². The molecule has 0 amide bonds. The van der Waals surface area contributed by atoms with Crippen LogP contribution in [-0.4, -0.2) is 36.4 Å². The maximum absolute atomic E-state index is 12.9. The Balaban J connectivity index is 2.36. The number of nitrogens with one attached hydrogen (secondary N) is 1. The maximum atomic E-state index is 12.9. The van der Waals surface area contributed by atoms with Gasteiger partial charge in [0.15, 0.2) is 0 Å². The highest BCUT2D eigenvalue weighted by Gasteiger charge is 2.36. The lowest BCUT2D eigenvalue weighted by Crippen LogP contribution is -2.47. The lowest BCUT2D eigenvalue weighted by atomic mass is 10.0. The zero-order valence-electron chi connectivity index (χ0n) is 12.8. The summed E-state index contributed by atoms with van der Waals surface area (Å²) in [6.07, 6.45) is 4.71. The molecule has 1 aliphatic heterocycles. The molecule has 114 valence electrons. The summed E-state index contributed by atoms with van der Waals surface area (Å²) in [6, 6.07) is 1.94. The Kier molecular flexibility index (Phi) is 4.56. The summed E-state index contributed by atoms with van der Waals surface area (Å²) >= 11 is 0. The summed E-state index contributed by atoms with van der Waals surface area (Å²) in [7, 11) is 0.345. The van der Waals surface area contributed by atoms with Crippen molar-refractivity contribution in [3.8, 4) is 0 Å². The van der Waals surface area contributed by atoms with Gasteiger partial charge in [0.25, 0.3) is 0 Å². The molecule has 1 saturated heterocycles. The van der Waals surface area contributed by atoms with Crippen LogP contribution in [0.25, 0.3) is 0 Å². The second-order valence-corrected chi connectivity index (χ2v) is 7.62. The van der Waals surface area contributed by atoms with Crippen LogP contribution >= 0.6 is 0 Å². The van der Waals surface area contributed by atoms with E-state index in [9.17, 15) is 8.42 Å². The first kappa shape index (κ1) is 15.5. The predicted molar refractivity (Wildman–Crippen MR) is 80.0 cm³/mol. The Hall–Kier alpha value is -0.850. The minimum atomic E-state index is -3.40. The summed E-state index contributed by atoms with van der Waals surface area (Å²) in [5.74, 6) is 0. The Bertz CT molecular complexity index is 555. The first-order valence-electron chi connectivity index (χ1n) is 7.21. The smallest absolute Gasteiger partial charge is 0.245 e. The first-order chi connectivity index (χ1) is 9.37. The van der Waals surface area contributed by atoms with Gasteiger partial charge in [0.1, 0.15) is 4.90 Å². The number of hydrogen-bond acceptors (Lipinski definition) is 3. The molecule has 0 unspecified atom stereocenters. The summed E-state index contributed by atoms with van der Waals surface area (Å²) in [5.41, 5.74) is 0.975. The third kappa shape index (κ3) is 2.77. The van der Waals surface area contributed by atoms with Gasteiger partial charge < -0.3 is 9.88 Å². The molecule has 0 aromatic carbocycles. The van der Waals surface area contributed by atoms with Crippen LogP contribution in [0.15, 0.2) is 17.2 Å². The molecule has 20 heavy (non-hydrogen) atoms. The fraction of sp³-hybridized carbons (Fsp3) is 0.714. The zero-order valence-corrected chi connectivity index (χ0v) is 13.6. The van der Waals surface area contributed by atoms with E-state index in [1.807, 2.05) is 32.5 Å². The molecule has 1 aromatic rings. The van der Waals surface area contributed by atoms with E-state index in [4.69, 9.17) is 0 Å². The van der Waals surface area contributed by atoms with Crippen molar-refractivity contribution >= 4 is 10.0 Å². The average molecular weight is 299 g/mol. The van der Waals surface area contributed by atoms with Gasteiger partial charge in [-0.1, -0.05) is 6.42 Å². The normalized spacial score (nSPS) is 25.0. The van der Waals surface area contributed by atoms with Crippen molar-refractivity contribution in [1.82, 2.24) is 14.2 Å². The standard InChI is InChI=1S/C14H25N3O2S/c1-11-6-5-7-12(2)17(11)20(18,19)14-8-13(9-15-3)16(4)10-14/h8,10-12,15H,5-7,9H2,1-4H3/t11-,12+. The quantitative estimate of drug-likeness (QED) is 0.920. The molecule has 2 rings (SSSR count). The summed E-state index contributed by atoms with van der Waals surface area (Å²) in [5, 5.41) is 3.06. The SMILES string of the molecule is CNCc1cc(S(=O)(=O)N2[C@H](C)CCC[C@@H]2C)cn1C. The van der Waals surface area contributed by atoms with E-state index in [0.717, 1.165) is 25.0 Å². The average Bonchev–Trinajstić information content (AvgIpc) is 2.72. The second-order valence-electron chi connectivity index (χ2n) is 5.77. The Morgan fingerprint density at radius 1 is 1.30 bits per heavy atom. The van der Waals surface area contributed by atoms with Gasteiger partial charge in [-0.05, 0) is 39.8 Å². The lowest BCUT2D eigenvalue weighted by molar-refractivity contribution is 0.204. The van der Waals surface area contributed by atoms with Crippen molar-refractivity contribution in [2.45, 2.75) is 56.6 Å². The maximum Gasteiger partial charge on any atom is 0.245 e. The summed E-state index contributed by atoms with van der Waals surface area (Å²) in [6.45, 7) is 4.67. The van der Waals surface area contributed by atoms with Crippen molar-refractivity contribution < 1.29 is 8.42 Å². The molecule has 0 spiro atoms. The molecular weight excluding hydrogens is 274 g/mol. The molecule has 1 aromatic heterocycles. The topological polar surface area (TPSA) is 54.3 Å². The minimum Gasteiger partial charge on any atom is -0.352 e. The highest BCUT2D eigenvalue weighted by molar-refractivity contribution is 7.89. The van der Waals surface area contributed by atoms with Crippen LogP contribution in [0.3, 0.4) is 0 Å². The van der Waals surface area contributed by atoms with Gasteiger partial charge in [0.2, 0.25) is 10.0 Å². The molecule has 0 saturated carbocycles. The van der Waals surface area contributed by atoms with Gasteiger partial charge in [0.05, 0.1) is 0 Å². The van der Waals surface area contributed by atoms with Crippen molar-refractivity contribution in [1.29, 1.82) is 0 Å². The highest BCUT2D eigenvalue weighted by Crippen LogP contribution is 2.30. The molecule has 1 aliphatic rings. The third-order valence-electron chi connectivity index (χ3n) is 4.13. The largest absolute Gasteiger partial charge is 0.352 e. The number of hydrogen-bond donors (Lipinski definition) is 1. The molecule has 0 aliphatic carbocycles. The van der Waals surface area contributed by atoms with Crippen LogP contribution < -0.4 is 5.32 Å².